The van der Waals surface area contributed by atoms with Crippen LogP contribution in [0.15, 0.2) is 76.7 Å². The molecule has 7 nitrogen and oxygen atoms in total. The van der Waals surface area contributed by atoms with Gasteiger partial charge in [-0.2, -0.15) is 5.10 Å². The lowest BCUT2D eigenvalue weighted by Gasteiger charge is -2.25. The highest BCUT2D eigenvalue weighted by Gasteiger charge is 2.28. The highest BCUT2D eigenvalue weighted by Crippen LogP contribution is 2.31. The van der Waals surface area contributed by atoms with E-state index < -0.39 is 22.5 Å². The molecule has 1 N–H and O–H groups in total. The van der Waals surface area contributed by atoms with Crippen molar-refractivity contribution in [3.63, 3.8) is 0 Å². The normalized spacial score (nSPS) is 11.7. The van der Waals surface area contributed by atoms with Crippen molar-refractivity contribution in [3.8, 4) is 5.69 Å². The number of amides is 1. The molecule has 0 aliphatic carbocycles. The Balaban J connectivity index is 1.59. The molecule has 0 saturated carbocycles. The standard InChI is InChI=1S/C31H33ClN4O3S/c1-20-10-13-27(14-11-20)40(38,39)35(30-9-7-8-28(32)24(30)5)19-31(37)34-33-18-26-17-23(4)36(25(26)6)29-15-12-21(2)16-22(29)3/h7-18H,19H2,1-6H3,(H,34,37)/b33-18-. The molecule has 0 unspecified atom stereocenters. The summed E-state index contributed by atoms with van der Waals surface area (Å²) >= 11 is 6.31. The molecule has 9 heteroatoms. The van der Waals surface area contributed by atoms with Crippen LogP contribution in [0.25, 0.3) is 5.69 Å². The van der Waals surface area contributed by atoms with Crippen molar-refractivity contribution in [2.24, 2.45) is 5.10 Å². The number of hydrogen-bond donors (Lipinski definition) is 1. The van der Waals surface area contributed by atoms with E-state index in [1.54, 1.807) is 43.5 Å². The van der Waals surface area contributed by atoms with Gasteiger partial charge in [0.2, 0.25) is 0 Å². The lowest BCUT2D eigenvalue weighted by Crippen LogP contribution is -2.40. The smallest absolute Gasteiger partial charge is 0.264 e. The minimum atomic E-state index is -4.07. The molecule has 40 heavy (non-hydrogen) atoms. The van der Waals surface area contributed by atoms with Crippen molar-refractivity contribution in [2.45, 2.75) is 46.4 Å². The number of benzene rings is 3. The maximum absolute atomic E-state index is 13.7. The van der Waals surface area contributed by atoms with Crippen LogP contribution in [0.5, 0.6) is 0 Å². The second-order valence-corrected chi connectivity index (χ2v) is 12.2. The van der Waals surface area contributed by atoms with Crippen LogP contribution in [0.3, 0.4) is 0 Å². The van der Waals surface area contributed by atoms with Gasteiger partial charge in [0.15, 0.2) is 0 Å². The molecule has 208 valence electrons. The quantitative estimate of drug-likeness (QED) is 0.197. The van der Waals surface area contributed by atoms with Gasteiger partial charge in [-0.25, -0.2) is 13.8 Å². The number of rotatable bonds is 8. The summed E-state index contributed by atoms with van der Waals surface area (Å²) in [5, 5.41) is 4.56. The fraction of sp³-hybridized carbons (Fsp3) is 0.226. The molecule has 4 rings (SSSR count). The Morgan fingerprint density at radius 3 is 2.30 bits per heavy atom. The minimum absolute atomic E-state index is 0.0765. The van der Waals surface area contributed by atoms with Crippen LogP contribution < -0.4 is 9.73 Å². The fourth-order valence-corrected chi connectivity index (χ4v) is 6.34. The minimum Gasteiger partial charge on any atom is -0.318 e. The lowest BCUT2D eigenvalue weighted by molar-refractivity contribution is -0.119. The fourth-order valence-electron chi connectivity index (χ4n) is 4.69. The van der Waals surface area contributed by atoms with Crippen LogP contribution in [-0.2, 0) is 14.8 Å². The summed E-state index contributed by atoms with van der Waals surface area (Å²) in [6.45, 7) is 11.3. The van der Waals surface area contributed by atoms with Crippen LogP contribution in [0, 0.1) is 41.5 Å². The van der Waals surface area contributed by atoms with Gasteiger partial charge < -0.3 is 4.57 Å². The number of halogens is 1. The molecule has 0 aliphatic heterocycles. The topological polar surface area (TPSA) is 83.8 Å². The van der Waals surface area contributed by atoms with Crippen LogP contribution in [0.1, 0.15) is 39.2 Å². The highest BCUT2D eigenvalue weighted by molar-refractivity contribution is 7.92. The maximum Gasteiger partial charge on any atom is 0.264 e. The molecular weight excluding hydrogens is 544 g/mol. The number of hydrazone groups is 1. The first-order chi connectivity index (χ1) is 18.9. The first-order valence-corrected chi connectivity index (χ1v) is 14.6. The second kappa shape index (κ2) is 11.7. The Hall–Kier alpha value is -3.88. The number of nitrogens with one attached hydrogen (secondary N) is 1. The van der Waals surface area contributed by atoms with E-state index in [9.17, 15) is 13.2 Å². The summed E-state index contributed by atoms with van der Waals surface area (Å²) < 4.78 is 30.6. The molecule has 4 aromatic rings. The van der Waals surface area contributed by atoms with Gasteiger partial charge in [-0.15, -0.1) is 0 Å². The first-order valence-electron chi connectivity index (χ1n) is 12.8. The third-order valence-corrected chi connectivity index (χ3v) is 9.04. The molecule has 1 heterocycles. The predicted octanol–water partition coefficient (Wildman–Crippen LogP) is 6.33. The molecule has 0 radical (unpaired) electrons. The van der Waals surface area contributed by atoms with Gasteiger partial charge in [0.05, 0.1) is 16.8 Å². The van der Waals surface area contributed by atoms with Gasteiger partial charge in [-0.1, -0.05) is 53.1 Å². The zero-order chi connectivity index (χ0) is 29.2. The monoisotopic (exact) mass is 576 g/mol. The summed E-state index contributed by atoms with van der Waals surface area (Å²) in [5.74, 6) is -0.588. The van der Waals surface area contributed by atoms with Crippen LogP contribution >= 0.6 is 11.6 Å². The molecule has 0 saturated heterocycles. The van der Waals surface area contributed by atoms with E-state index >= 15 is 0 Å². The third kappa shape index (κ3) is 5.98. The number of anilines is 1. The van der Waals surface area contributed by atoms with Gasteiger partial charge in [0.1, 0.15) is 6.54 Å². The zero-order valence-electron chi connectivity index (χ0n) is 23.5. The maximum atomic E-state index is 13.7. The van der Waals surface area contributed by atoms with E-state index in [0.717, 1.165) is 38.1 Å². The SMILES string of the molecule is Cc1ccc(S(=O)(=O)N(CC(=O)N/N=C\c2cc(C)n(-c3ccc(C)cc3C)c2C)c2cccc(Cl)c2C)cc1. The number of nitrogens with zero attached hydrogens (tertiary/aromatic N) is 3. The van der Waals surface area contributed by atoms with E-state index in [0.29, 0.717) is 16.3 Å². The average Bonchev–Trinajstić information content (AvgIpc) is 3.17. The molecule has 1 amide bonds. The van der Waals surface area contributed by atoms with E-state index in [1.807, 2.05) is 26.8 Å². The first kappa shape index (κ1) is 29.1. The molecule has 0 spiro atoms. The third-order valence-electron chi connectivity index (χ3n) is 6.86. The molecule has 0 fully saturated rings. The van der Waals surface area contributed by atoms with Crippen LogP contribution in [-0.4, -0.2) is 31.7 Å². The van der Waals surface area contributed by atoms with Gasteiger partial charge in [-0.3, -0.25) is 9.10 Å². The van der Waals surface area contributed by atoms with E-state index in [1.165, 1.54) is 17.7 Å². The molecule has 0 aliphatic rings. The Morgan fingerprint density at radius 2 is 1.62 bits per heavy atom. The molecular formula is C31H33ClN4O3S. The number of aromatic nitrogens is 1. The summed E-state index contributed by atoms with van der Waals surface area (Å²) in [6.07, 6.45) is 1.57. The van der Waals surface area contributed by atoms with Crippen molar-refractivity contribution >= 4 is 39.4 Å². The van der Waals surface area contributed by atoms with Gasteiger partial charge in [0.25, 0.3) is 15.9 Å². The summed E-state index contributed by atoms with van der Waals surface area (Å²) in [7, 11) is -4.07. The van der Waals surface area contributed by atoms with Crippen LogP contribution in [0.2, 0.25) is 5.02 Å². The van der Waals surface area contributed by atoms with Crippen molar-refractivity contribution in [1.82, 2.24) is 9.99 Å². The molecule has 1 aromatic heterocycles. The predicted molar refractivity (Wildman–Crippen MR) is 162 cm³/mol. The van der Waals surface area contributed by atoms with Gasteiger partial charge >= 0.3 is 0 Å². The zero-order valence-corrected chi connectivity index (χ0v) is 25.1. The van der Waals surface area contributed by atoms with Crippen molar-refractivity contribution in [2.75, 3.05) is 10.8 Å². The Morgan fingerprint density at radius 1 is 0.950 bits per heavy atom. The number of carbonyl (C=O) groups excluding carboxylic acids is 1. The van der Waals surface area contributed by atoms with E-state index in [-0.39, 0.29) is 4.90 Å². The van der Waals surface area contributed by atoms with Crippen molar-refractivity contribution in [1.29, 1.82) is 0 Å². The van der Waals surface area contributed by atoms with Crippen LogP contribution in [0.4, 0.5) is 5.69 Å². The highest BCUT2D eigenvalue weighted by atomic mass is 35.5. The van der Waals surface area contributed by atoms with Crippen molar-refractivity contribution < 1.29 is 13.2 Å². The Kier molecular flexibility index (Phi) is 8.51. The second-order valence-electron chi connectivity index (χ2n) is 9.95. The summed E-state index contributed by atoms with van der Waals surface area (Å²) in [5.41, 5.74) is 10.6. The number of sulfonamides is 1. The number of hydrogen-bond acceptors (Lipinski definition) is 4. The number of aryl methyl sites for hydroxylation is 4. The average molecular weight is 577 g/mol. The van der Waals surface area contributed by atoms with Gasteiger partial charge in [0, 0.05) is 27.7 Å². The van der Waals surface area contributed by atoms with Crippen molar-refractivity contribution in [3.05, 3.63) is 111 Å². The van der Waals surface area contributed by atoms with Gasteiger partial charge in [-0.05, 0) is 89.1 Å². The summed E-state index contributed by atoms with van der Waals surface area (Å²) in [4.78, 5) is 13.1. The Bertz CT molecular complexity index is 1710. The molecule has 3 aromatic carbocycles. The molecule has 0 atom stereocenters. The summed E-state index contributed by atoms with van der Waals surface area (Å²) in [6, 6.07) is 19.8. The largest absolute Gasteiger partial charge is 0.318 e. The molecule has 0 bridgehead atoms. The Labute approximate surface area is 241 Å². The number of carbonyl (C=O) groups is 1. The van der Waals surface area contributed by atoms with E-state index in [4.69, 9.17) is 11.6 Å². The lowest BCUT2D eigenvalue weighted by atomic mass is 10.1. The van der Waals surface area contributed by atoms with E-state index in [2.05, 4.69) is 47.1 Å².